The number of benzene rings is 2. The minimum Gasteiger partial charge on any atom is -0.494 e. The highest BCUT2D eigenvalue weighted by Gasteiger charge is 2.27. The van der Waals surface area contributed by atoms with Gasteiger partial charge in [-0.1, -0.05) is 25.5 Å². The monoisotopic (exact) mass is 514 g/mol. The molecule has 0 radical (unpaired) electrons. The molecule has 5 rings (SSSR count). The van der Waals surface area contributed by atoms with Gasteiger partial charge in [0.15, 0.2) is 23.2 Å². The predicted molar refractivity (Wildman–Crippen MR) is 152 cm³/mol. The van der Waals surface area contributed by atoms with Crippen molar-refractivity contribution in [2.45, 2.75) is 39.5 Å². The third kappa shape index (κ3) is 5.63. The molecule has 38 heavy (non-hydrogen) atoms. The second kappa shape index (κ2) is 11.4. The number of hydrogen-bond acceptors (Lipinski definition) is 6. The summed E-state index contributed by atoms with van der Waals surface area (Å²) in [6, 6.07) is 10.8. The van der Waals surface area contributed by atoms with Crippen LogP contribution < -0.4 is 15.4 Å². The summed E-state index contributed by atoms with van der Waals surface area (Å²) < 4.78 is 19.3. The van der Waals surface area contributed by atoms with Gasteiger partial charge in [0.25, 0.3) is 0 Å². The number of aryl methyl sites for hydroxylation is 1. The van der Waals surface area contributed by atoms with Crippen molar-refractivity contribution in [2.24, 2.45) is 27.7 Å². The number of anilines is 1. The van der Waals surface area contributed by atoms with E-state index < -0.39 is 0 Å². The van der Waals surface area contributed by atoms with Crippen molar-refractivity contribution >= 4 is 28.6 Å². The minimum atomic E-state index is -0.387. The number of amidine groups is 1. The number of halogens is 1. The smallest absolute Gasteiger partial charge is 0.165 e. The fourth-order valence-electron chi connectivity index (χ4n) is 5.28. The molecule has 0 saturated carbocycles. The van der Waals surface area contributed by atoms with Crippen LogP contribution in [0.3, 0.4) is 0 Å². The molecule has 0 spiro atoms. The first-order valence-electron chi connectivity index (χ1n) is 13.4. The van der Waals surface area contributed by atoms with E-state index in [-0.39, 0.29) is 29.2 Å². The molecule has 7 heteroatoms. The lowest BCUT2D eigenvalue weighted by molar-refractivity contribution is 0.0920. The maximum absolute atomic E-state index is 14.2. The summed E-state index contributed by atoms with van der Waals surface area (Å²) in [7, 11) is 1.46. The molecule has 3 aliphatic heterocycles. The van der Waals surface area contributed by atoms with E-state index in [0.717, 1.165) is 65.5 Å². The average molecular weight is 515 g/mol. The number of hydrogen-bond donors (Lipinski definition) is 2. The Bertz CT molecular complexity index is 1340. The average Bonchev–Trinajstić information content (AvgIpc) is 2.89. The molecule has 0 aromatic heterocycles. The second-order valence-electron chi connectivity index (χ2n) is 10.5. The quantitative estimate of drug-likeness (QED) is 0.391. The normalized spacial score (nSPS) is 19.5. The van der Waals surface area contributed by atoms with Gasteiger partial charge in [-0.05, 0) is 92.2 Å². The molecule has 198 valence electrons. The molecule has 6 nitrogen and oxygen atoms in total. The number of ether oxygens (including phenoxy) is 1. The summed E-state index contributed by atoms with van der Waals surface area (Å²) in [6.45, 7) is 6.26. The number of nitrogens with one attached hydrogen (secondary N) is 2. The summed E-state index contributed by atoms with van der Waals surface area (Å²) in [6.07, 6.45) is 9.52. The van der Waals surface area contributed by atoms with E-state index in [4.69, 9.17) is 9.73 Å². The van der Waals surface area contributed by atoms with Gasteiger partial charge in [0.2, 0.25) is 0 Å². The van der Waals surface area contributed by atoms with Crippen LogP contribution in [0.2, 0.25) is 0 Å². The van der Waals surface area contributed by atoms with E-state index in [9.17, 15) is 9.18 Å². The Morgan fingerprint density at radius 1 is 1.21 bits per heavy atom. The molecule has 2 N–H and O–H groups in total. The topological polar surface area (TPSA) is 75.1 Å². The Hall–Kier alpha value is -3.58. The van der Waals surface area contributed by atoms with Crippen molar-refractivity contribution in [3.05, 3.63) is 77.4 Å². The molecule has 3 aliphatic rings. The van der Waals surface area contributed by atoms with Crippen molar-refractivity contribution in [2.75, 3.05) is 25.5 Å². The van der Waals surface area contributed by atoms with Crippen LogP contribution in [0.25, 0.3) is 5.57 Å². The summed E-state index contributed by atoms with van der Waals surface area (Å²) in [5.74, 6) is 1.58. The molecule has 2 aromatic rings. The molecule has 1 fully saturated rings. The Morgan fingerprint density at radius 3 is 2.76 bits per heavy atom. The van der Waals surface area contributed by atoms with Crippen LogP contribution in [0.15, 0.2) is 64.9 Å². The number of fused-ring (bicyclic) bond motifs is 1. The van der Waals surface area contributed by atoms with E-state index in [0.29, 0.717) is 12.3 Å². The Balaban J connectivity index is 1.25. The van der Waals surface area contributed by atoms with Gasteiger partial charge in [0.05, 0.1) is 12.8 Å². The Morgan fingerprint density at radius 2 is 2.05 bits per heavy atom. The zero-order valence-corrected chi connectivity index (χ0v) is 22.3. The number of carbonyl (C=O) groups is 1. The van der Waals surface area contributed by atoms with Crippen molar-refractivity contribution < 1.29 is 13.9 Å². The zero-order valence-electron chi connectivity index (χ0n) is 22.3. The second-order valence-corrected chi connectivity index (χ2v) is 10.5. The molecule has 2 atom stereocenters. The molecule has 2 unspecified atom stereocenters. The van der Waals surface area contributed by atoms with Gasteiger partial charge in [-0.25, -0.2) is 9.38 Å². The van der Waals surface area contributed by atoms with Gasteiger partial charge in [0.1, 0.15) is 0 Å². The largest absolute Gasteiger partial charge is 0.494 e. The van der Waals surface area contributed by atoms with Crippen LogP contribution in [-0.2, 0) is 0 Å². The van der Waals surface area contributed by atoms with E-state index in [1.165, 1.54) is 19.6 Å². The van der Waals surface area contributed by atoms with Crippen molar-refractivity contribution in [1.82, 2.24) is 5.32 Å². The standard InChI is InChI=1S/C31H35FN4O2/c1-19(5-4-6-21-16-33-17-21)30(37)26-9-8-25(13-20(26)2)36-31-29-23(11-12-34-31)14-24(18-35-29)22-7-10-28(38-3)27(32)15-22/h7-13,15,18-19,21,23,33H,4-6,14,16-17H2,1-3H3,(H,34,36). The molecule has 3 heterocycles. The van der Waals surface area contributed by atoms with Crippen LogP contribution in [0.5, 0.6) is 5.75 Å². The van der Waals surface area contributed by atoms with Crippen LogP contribution in [-0.4, -0.2) is 37.5 Å². The Labute approximate surface area is 223 Å². The molecule has 0 aliphatic carbocycles. The lowest BCUT2D eigenvalue weighted by Gasteiger charge is -2.27. The number of methoxy groups -OCH3 is 1. The van der Waals surface area contributed by atoms with Gasteiger partial charge in [-0.2, -0.15) is 0 Å². The summed E-state index contributed by atoms with van der Waals surface area (Å²) in [4.78, 5) is 22.3. The fourth-order valence-corrected chi connectivity index (χ4v) is 5.28. The van der Waals surface area contributed by atoms with Gasteiger partial charge in [0, 0.05) is 35.5 Å². The molecular formula is C31H35FN4O2. The SMILES string of the molecule is COc1ccc(C2=CN=C3C(Nc4ccc(C(=O)C(C)CCCC5CNC5)c(C)c4)=NC=CC3C2)cc1F. The van der Waals surface area contributed by atoms with Gasteiger partial charge in [-0.3, -0.25) is 9.79 Å². The fraction of sp³-hybridized carbons (Fsp3) is 0.387. The maximum atomic E-state index is 14.2. The van der Waals surface area contributed by atoms with Gasteiger partial charge < -0.3 is 15.4 Å². The number of ketones is 1. The van der Waals surface area contributed by atoms with Crippen LogP contribution in [0, 0.1) is 30.5 Å². The summed E-state index contributed by atoms with van der Waals surface area (Å²) in [5.41, 5.74) is 5.20. The lowest BCUT2D eigenvalue weighted by atomic mass is 9.87. The van der Waals surface area contributed by atoms with Gasteiger partial charge >= 0.3 is 0 Å². The van der Waals surface area contributed by atoms with E-state index in [1.54, 1.807) is 18.5 Å². The highest BCUT2D eigenvalue weighted by atomic mass is 19.1. The number of nitrogens with zero attached hydrogens (tertiary/aromatic N) is 2. The van der Waals surface area contributed by atoms with Crippen molar-refractivity contribution in [3.63, 3.8) is 0 Å². The van der Waals surface area contributed by atoms with E-state index in [1.807, 2.05) is 44.2 Å². The zero-order chi connectivity index (χ0) is 26.6. The summed E-state index contributed by atoms with van der Waals surface area (Å²) in [5, 5.41) is 6.71. The highest BCUT2D eigenvalue weighted by Crippen LogP contribution is 2.32. The number of rotatable bonds is 9. The first-order chi connectivity index (χ1) is 18.4. The first kappa shape index (κ1) is 26.0. The van der Waals surface area contributed by atoms with E-state index >= 15 is 0 Å². The third-order valence-electron chi connectivity index (χ3n) is 7.76. The predicted octanol–water partition coefficient (Wildman–Crippen LogP) is 6.19. The molecule has 0 bridgehead atoms. The Kier molecular flexibility index (Phi) is 7.84. The summed E-state index contributed by atoms with van der Waals surface area (Å²) >= 11 is 0. The number of allylic oxidation sites excluding steroid dienone is 2. The van der Waals surface area contributed by atoms with Crippen molar-refractivity contribution in [3.8, 4) is 5.75 Å². The maximum Gasteiger partial charge on any atom is 0.165 e. The van der Waals surface area contributed by atoms with Crippen LogP contribution in [0.1, 0.15) is 54.1 Å². The van der Waals surface area contributed by atoms with E-state index in [2.05, 4.69) is 15.6 Å². The van der Waals surface area contributed by atoms with Crippen molar-refractivity contribution in [1.29, 1.82) is 0 Å². The number of aliphatic imine (C=N–C) groups is 2. The molecular weight excluding hydrogens is 479 g/mol. The first-order valence-corrected chi connectivity index (χ1v) is 13.4. The lowest BCUT2D eigenvalue weighted by Crippen LogP contribution is -2.41. The number of Topliss-reactive ketones (excluding diaryl/α,β-unsaturated/α-hetero) is 1. The van der Waals surface area contributed by atoms with Crippen LogP contribution >= 0.6 is 0 Å². The van der Waals surface area contributed by atoms with Crippen LogP contribution in [0.4, 0.5) is 10.1 Å². The third-order valence-corrected chi connectivity index (χ3v) is 7.76. The molecule has 1 saturated heterocycles. The molecule has 2 aromatic carbocycles. The highest BCUT2D eigenvalue weighted by molar-refractivity contribution is 6.47. The van der Waals surface area contributed by atoms with Gasteiger partial charge in [-0.15, -0.1) is 0 Å². The number of carbonyl (C=O) groups excluding carboxylic acids is 1. The molecule has 0 amide bonds. The minimum absolute atomic E-state index is 0.0194.